The maximum Gasteiger partial charge on any atom is 0.363 e. The first kappa shape index (κ1) is 23.6. The number of carbonyl (C=O) groups is 1. The van der Waals surface area contributed by atoms with E-state index in [1.165, 1.54) is 24.3 Å². The van der Waals surface area contributed by atoms with Gasteiger partial charge in [0, 0.05) is 11.6 Å². The average molecular weight is 479 g/mol. The number of cyclic esters (lactones) is 1. The fraction of sp³-hybridized carbons (Fsp3) is 0.273. The van der Waals surface area contributed by atoms with Gasteiger partial charge in [-0.05, 0) is 56.2 Å². The summed E-state index contributed by atoms with van der Waals surface area (Å²) in [5, 5.41) is 11.4. The van der Waals surface area contributed by atoms with Crippen molar-refractivity contribution in [1.82, 2.24) is 0 Å². The van der Waals surface area contributed by atoms with E-state index < -0.39 is 10.9 Å². The molecular weight excluding hydrogens is 459 g/mol. The highest BCUT2D eigenvalue weighted by molar-refractivity contribution is 6.33. The van der Waals surface area contributed by atoms with Crippen molar-refractivity contribution in [2.24, 2.45) is 4.99 Å². The number of rotatable bonds is 8. The van der Waals surface area contributed by atoms with Crippen LogP contribution in [-0.4, -0.2) is 29.5 Å². The van der Waals surface area contributed by atoms with Crippen LogP contribution in [0.15, 0.2) is 41.0 Å². The molecule has 0 aromatic heterocycles. The number of esters is 1. The maximum atomic E-state index is 12.3. The standard InChI is InChI=1S/C22H20Cl2N2O6/c1-4-12(3)31-20-16(24)8-13(10-19(20)30-5-2)9-17-22(27)32-21(25-17)14-6-7-15(23)18(11-14)26(28)29/h6-12H,4-5H2,1-3H3/b17-9-. The SMILES string of the molecule is CCOc1cc(/C=C2\N=C(c3ccc(Cl)c([N+](=O)[O-])c3)OC2=O)cc(Cl)c1OC(C)CC. The molecule has 10 heteroatoms. The average Bonchev–Trinajstić information content (AvgIpc) is 3.10. The minimum atomic E-state index is -0.702. The summed E-state index contributed by atoms with van der Waals surface area (Å²) in [6.45, 7) is 6.15. The van der Waals surface area contributed by atoms with Gasteiger partial charge in [-0.25, -0.2) is 9.79 Å². The fourth-order valence-corrected chi connectivity index (χ4v) is 3.26. The van der Waals surface area contributed by atoms with Gasteiger partial charge in [0.05, 0.1) is 22.7 Å². The van der Waals surface area contributed by atoms with Crippen molar-refractivity contribution in [1.29, 1.82) is 0 Å². The zero-order valence-electron chi connectivity index (χ0n) is 17.6. The van der Waals surface area contributed by atoms with Crippen LogP contribution in [0.1, 0.15) is 38.3 Å². The van der Waals surface area contributed by atoms with E-state index in [1.54, 1.807) is 12.1 Å². The predicted molar refractivity (Wildman–Crippen MR) is 122 cm³/mol. The van der Waals surface area contributed by atoms with Crippen molar-refractivity contribution >= 4 is 46.8 Å². The highest BCUT2D eigenvalue weighted by Gasteiger charge is 2.26. The van der Waals surface area contributed by atoms with E-state index in [2.05, 4.69) is 4.99 Å². The molecule has 0 bridgehead atoms. The fourth-order valence-electron chi connectivity index (χ4n) is 2.81. The van der Waals surface area contributed by atoms with E-state index in [1.807, 2.05) is 20.8 Å². The first-order valence-electron chi connectivity index (χ1n) is 9.83. The Bertz CT molecular complexity index is 1130. The van der Waals surface area contributed by atoms with Crippen molar-refractivity contribution < 1.29 is 23.9 Å². The van der Waals surface area contributed by atoms with Crippen LogP contribution in [0, 0.1) is 10.1 Å². The van der Waals surface area contributed by atoms with Gasteiger partial charge in [0.25, 0.3) is 5.69 Å². The van der Waals surface area contributed by atoms with Gasteiger partial charge in [-0.2, -0.15) is 0 Å². The summed E-state index contributed by atoms with van der Waals surface area (Å²) < 4.78 is 16.7. The number of aliphatic imine (C=N–C) groups is 1. The molecule has 0 amide bonds. The van der Waals surface area contributed by atoms with Crippen molar-refractivity contribution in [2.75, 3.05) is 6.61 Å². The number of halogens is 2. The molecule has 2 aromatic rings. The first-order chi connectivity index (χ1) is 15.2. The second kappa shape index (κ2) is 10.0. The molecular formula is C22H20Cl2N2O6. The summed E-state index contributed by atoms with van der Waals surface area (Å²) in [5.74, 6) is 0.105. The quantitative estimate of drug-likeness (QED) is 0.205. The molecule has 8 nitrogen and oxygen atoms in total. The Morgan fingerprint density at radius 2 is 1.97 bits per heavy atom. The smallest absolute Gasteiger partial charge is 0.363 e. The van der Waals surface area contributed by atoms with Crippen LogP contribution in [0.2, 0.25) is 10.0 Å². The van der Waals surface area contributed by atoms with Crippen LogP contribution in [0.25, 0.3) is 6.08 Å². The molecule has 0 saturated carbocycles. The first-order valence-corrected chi connectivity index (χ1v) is 10.6. The topological polar surface area (TPSA) is 100 Å². The Kier molecular flexibility index (Phi) is 7.37. The molecule has 2 aromatic carbocycles. The predicted octanol–water partition coefficient (Wildman–Crippen LogP) is 5.82. The van der Waals surface area contributed by atoms with Crippen LogP contribution < -0.4 is 9.47 Å². The lowest BCUT2D eigenvalue weighted by atomic mass is 10.1. The minimum Gasteiger partial charge on any atom is -0.490 e. The zero-order valence-corrected chi connectivity index (χ0v) is 19.1. The third-order valence-corrected chi connectivity index (χ3v) is 5.14. The van der Waals surface area contributed by atoms with Gasteiger partial charge in [-0.1, -0.05) is 30.1 Å². The van der Waals surface area contributed by atoms with E-state index in [-0.39, 0.29) is 34.0 Å². The van der Waals surface area contributed by atoms with Crippen molar-refractivity contribution in [3.05, 3.63) is 67.3 Å². The number of carbonyl (C=O) groups excluding carboxylic acids is 1. The molecule has 0 fully saturated rings. The molecule has 32 heavy (non-hydrogen) atoms. The number of nitro benzene ring substituents is 1. The Morgan fingerprint density at radius 3 is 2.62 bits per heavy atom. The Morgan fingerprint density at radius 1 is 1.22 bits per heavy atom. The Balaban J connectivity index is 1.97. The van der Waals surface area contributed by atoms with Crippen molar-refractivity contribution in [3.63, 3.8) is 0 Å². The third-order valence-electron chi connectivity index (χ3n) is 4.54. The van der Waals surface area contributed by atoms with Crippen LogP contribution in [0.5, 0.6) is 11.5 Å². The maximum absolute atomic E-state index is 12.3. The van der Waals surface area contributed by atoms with Crippen LogP contribution in [0.3, 0.4) is 0 Å². The monoisotopic (exact) mass is 478 g/mol. The van der Waals surface area contributed by atoms with Gasteiger partial charge in [0.1, 0.15) is 5.02 Å². The van der Waals surface area contributed by atoms with Crippen molar-refractivity contribution in [3.8, 4) is 11.5 Å². The number of hydrogen-bond acceptors (Lipinski definition) is 7. The van der Waals surface area contributed by atoms with Crippen molar-refractivity contribution in [2.45, 2.75) is 33.3 Å². The highest BCUT2D eigenvalue weighted by atomic mass is 35.5. The van der Waals surface area contributed by atoms with E-state index in [9.17, 15) is 14.9 Å². The number of nitrogens with zero attached hydrogens (tertiary/aromatic N) is 2. The largest absolute Gasteiger partial charge is 0.490 e. The molecule has 0 spiro atoms. The number of benzene rings is 2. The Labute approximate surface area is 194 Å². The van der Waals surface area contributed by atoms with Gasteiger partial charge in [-0.3, -0.25) is 10.1 Å². The summed E-state index contributed by atoms with van der Waals surface area (Å²) in [6.07, 6.45) is 2.22. The minimum absolute atomic E-state index is 0.00622. The summed E-state index contributed by atoms with van der Waals surface area (Å²) in [6, 6.07) is 7.34. The van der Waals surface area contributed by atoms with Gasteiger partial charge in [0.15, 0.2) is 17.2 Å². The zero-order chi connectivity index (χ0) is 23.4. The third kappa shape index (κ3) is 5.20. The Hall–Kier alpha value is -3.10. The molecule has 0 aliphatic carbocycles. The summed E-state index contributed by atoms with van der Waals surface area (Å²) >= 11 is 12.3. The molecule has 0 saturated heterocycles. The lowest BCUT2D eigenvalue weighted by molar-refractivity contribution is -0.384. The molecule has 1 atom stereocenters. The normalized spacial score (nSPS) is 15.3. The van der Waals surface area contributed by atoms with Gasteiger partial charge < -0.3 is 14.2 Å². The van der Waals surface area contributed by atoms with Crippen LogP contribution >= 0.6 is 23.2 Å². The second-order valence-corrected chi connectivity index (χ2v) is 7.67. The highest BCUT2D eigenvalue weighted by Crippen LogP contribution is 2.38. The summed E-state index contributed by atoms with van der Waals surface area (Å²) in [4.78, 5) is 27.0. The number of nitro groups is 1. The van der Waals surface area contributed by atoms with Gasteiger partial charge in [-0.15, -0.1) is 0 Å². The van der Waals surface area contributed by atoms with E-state index in [0.717, 1.165) is 6.42 Å². The van der Waals surface area contributed by atoms with Gasteiger partial charge in [0.2, 0.25) is 5.90 Å². The van der Waals surface area contributed by atoms with Gasteiger partial charge >= 0.3 is 5.97 Å². The molecule has 1 heterocycles. The lowest BCUT2D eigenvalue weighted by Gasteiger charge is -2.18. The molecule has 1 aliphatic heterocycles. The molecule has 0 radical (unpaired) electrons. The lowest BCUT2D eigenvalue weighted by Crippen LogP contribution is -2.11. The second-order valence-electron chi connectivity index (χ2n) is 6.86. The van der Waals surface area contributed by atoms with Crippen LogP contribution in [0.4, 0.5) is 5.69 Å². The summed E-state index contributed by atoms with van der Waals surface area (Å²) in [5.41, 5.74) is 0.495. The molecule has 3 rings (SSSR count). The van der Waals surface area contributed by atoms with E-state index in [0.29, 0.717) is 28.7 Å². The number of hydrogen-bond donors (Lipinski definition) is 0. The molecule has 1 unspecified atom stereocenters. The number of ether oxygens (including phenoxy) is 3. The molecule has 0 N–H and O–H groups in total. The molecule has 168 valence electrons. The van der Waals surface area contributed by atoms with E-state index >= 15 is 0 Å². The van der Waals surface area contributed by atoms with Crippen LogP contribution in [-0.2, 0) is 9.53 Å². The molecule has 1 aliphatic rings. The van der Waals surface area contributed by atoms with E-state index in [4.69, 9.17) is 37.4 Å². The summed E-state index contributed by atoms with van der Waals surface area (Å²) in [7, 11) is 0.